The van der Waals surface area contributed by atoms with E-state index >= 15 is 0 Å². The first-order valence-corrected chi connectivity index (χ1v) is 7.85. The maximum absolute atomic E-state index is 11.9. The van der Waals surface area contributed by atoms with Crippen molar-refractivity contribution in [1.82, 2.24) is 4.90 Å². The van der Waals surface area contributed by atoms with E-state index in [1.54, 1.807) is 11.3 Å². The van der Waals surface area contributed by atoms with Crippen LogP contribution in [0.25, 0.3) is 0 Å². The molecule has 100 valence electrons. The first kappa shape index (κ1) is 13.8. The molecule has 1 saturated heterocycles. The second-order valence-electron chi connectivity index (χ2n) is 5.53. The molecule has 0 amide bonds. The zero-order valence-electron chi connectivity index (χ0n) is 11.4. The summed E-state index contributed by atoms with van der Waals surface area (Å²) in [5.74, 6) is 1.12. The zero-order chi connectivity index (χ0) is 13.0. The summed E-state index contributed by atoms with van der Waals surface area (Å²) in [5.41, 5.74) is 0. The lowest BCUT2D eigenvalue weighted by Gasteiger charge is -2.36. The van der Waals surface area contributed by atoms with Gasteiger partial charge in [0.2, 0.25) is 0 Å². The van der Waals surface area contributed by atoms with Gasteiger partial charge in [0.25, 0.3) is 0 Å². The molecule has 0 spiro atoms. The third kappa shape index (κ3) is 3.66. The lowest BCUT2D eigenvalue weighted by molar-refractivity contribution is 0.0952. The Kier molecular flexibility index (Phi) is 4.95. The molecule has 1 fully saturated rings. The molecule has 3 heteroatoms. The molecule has 1 aromatic rings. The molecule has 0 bridgehead atoms. The van der Waals surface area contributed by atoms with E-state index in [2.05, 4.69) is 18.7 Å². The molecule has 1 aliphatic heterocycles. The second kappa shape index (κ2) is 6.48. The minimum Gasteiger partial charge on any atom is -0.300 e. The molecule has 18 heavy (non-hydrogen) atoms. The third-order valence-corrected chi connectivity index (χ3v) is 4.80. The van der Waals surface area contributed by atoms with Gasteiger partial charge in [-0.05, 0) is 50.1 Å². The maximum atomic E-state index is 11.9. The van der Waals surface area contributed by atoms with Crippen LogP contribution in [0, 0.1) is 5.92 Å². The summed E-state index contributed by atoms with van der Waals surface area (Å²) < 4.78 is 0. The van der Waals surface area contributed by atoms with E-state index in [1.807, 2.05) is 17.5 Å². The number of thiophene rings is 1. The van der Waals surface area contributed by atoms with Gasteiger partial charge in [-0.25, -0.2) is 0 Å². The van der Waals surface area contributed by atoms with Crippen molar-refractivity contribution in [2.45, 2.75) is 45.6 Å². The monoisotopic (exact) mass is 265 g/mol. The number of hydrogen-bond acceptors (Lipinski definition) is 3. The van der Waals surface area contributed by atoms with Gasteiger partial charge in [-0.3, -0.25) is 4.79 Å². The number of nitrogens with zero attached hydrogens (tertiary/aromatic N) is 1. The lowest BCUT2D eigenvalue weighted by atomic mass is 9.95. The highest BCUT2D eigenvalue weighted by molar-refractivity contribution is 7.12. The Morgan fingerprint density at radius 2 is 2.28 bits per heavy atom. The van der Waals surface area contributed by atoms with E-state index in [9.17, 15) is 4.79 Å². The van der Waals surface area contributed by atoms with Crippen LogP contribution in [0.1, 0.15) is 49.2 Å². The Bertz CT molecular complexity index is 374. The predicted molar refractivity (Wildman–Crippen MR) is 77.3 cm³/mol. The van der Waals surface area contributed by atoms with Gasteiger partial charge in [0.05, 0.1) is 4.88 Å². The van der Waals surface area contributed by atoms with E-state index < -0.39 is 0 Å². The molecule has 2 atom stereocenters. The fourth-order valence-electron chi connectivity index (χ4n) is 2.69. The minimum absolute atomic E-state index is 0.308. The van der Waals surface area contributed by atoms with Crippen LogP contribution in [-0.4, -0.2) is 29.8 Å². The molecule has 2 rings (SSSR count). The molecule has 0 saturated carbocycles. The highest BCUT2D eigenvalue weighted by Crippen LogP contribution is 2.22. The molecule has 2 unspecified atom stereocenters. The van der Waals surface area contributed by atoms with Crippen LogP contribution < -0.4 is 0 Å². The molecule has 0 N–H and O–H groups in total. The summed E-state index contributed by atoms with van der Waals surface area (Å²) in [6.07, 6.45) is 4.34. The summed E-state index contributed by atoms with van der Waals surface area (Å²) >= 11 is 1.55. The van der Waals surface area contributed by atoms with Crippen LogP contribution >= 0.6 is 11.3 Å². The van der Waals surface area contributed by atoms with Crippen LogP contribution in [0.3, 0.4) is 0 Å². The van der Waals surface area contributed by atoms with Crippen molar-refractivity contribution in [3.8, 4) is 0 Å². The Morgan fingerprint density at radius 3 is 3.00 bits per heavy atom. The van der Waals surface area contributed by atoms with Gasteiger partial charge < -0.3 is 4.90 Å². The van der Waals surface area contributed by atoms with E-state index in [0.717, 1.165) is 23.8 Å². The number of rotatable bonds is 5. The van der Waals surface area contributed by atoms with Crippen LogP contribution in [-0.2, 0) is 0 Å². The average Bonchev–Trinajstić information content (AvgIpc) is 2.87. The van der Waals surface area contributed by atoms with Gasteiger partial charge in [-0.15, -0.1) is 11.3 Å². The summed E-state index contributed by atoms with van der Waals surface area (Å²) in [7, 11) is 0. The van der Waals surface area contributed by atoms with E-state index in [4.69, 9.17) is 0 Å². The highest BCUT2D eigenvalue weighted by atomic mass is 32.1. The third-order valence-electron chi connectivity index (χ3n) is 3.89. The number of ketones is 1. The van der Waals surface area contributed by atoms with Crippen molar-refractivity contribution in [2.24, 2.45) is 5.92 Å². The van der Waals surface area contributed by atoms with Crippen molar-refractivity contribution in [2.75, 3.05) is 13.1 Å². The molecule has 0 radical (unpaired) electrons. The number of piperidine rings is 1. The van der Waals surface area contributed by atoms with E-state index in [0.29, 0.717) is 18.2 Å². The van der Waals surface area contributed by atoms with Crippen LogP contribution in [0.2, 0.25) is 0 Å². The Balaban J connectivity index is 1.73. The molecule has 2 nitrogen and oxygen atoms in total. The minimum atomic E-state index is 0.308. The maximum Gasteiger partial charge on any atom is 0.172 e. The number of carbonyl (C=O) groups excluding carboxylic acids is 1. The van der Waals surface area contributed by atoms with Crippen molar-refractivity contribution >= 4 is 17.1 Å². The molecule has 1 aromatic heterocycles. The van der Waals surface area contributed by atoms with E-state index in [1.165, 1.54) is 19.4 Å². The number of hydrogen-bond donors (Lipinski definition) is 0. The van der Waals surface area contributed by atoms with Gasteiger partial charge in [-0.1, -0.05) is 13.0 Å². The average molecular weight is 265 g/mol. The summed E-state index contributed by atoms with van der Waals surface area (Å²) in [6, 6.07) is 4.57. The Hall–Kier alpha value is -0.670. The van der Waals surface area contributed by atoms with Gasteiger partial charge in [0, 0.05) is 19.0 Å². The molecular weight excluding hydrogens is 242 g/mol. The summed E-state index contributed by atoms with van der Waals surface area (Å²) in [4.78, 5) is 15.3. The predicted octanol–water partition coefficient (Wildman–Crippen LogP) is 3.83. The molecular formula is C15H23NOS. The fourth-order valence-corrected chi connectivity index (χ4v) is 3.39. The number of Topliss-reactive ketones (excluding diaryl/α,β-unsaturated/α-hetero) is 1. The number of carbonyl (C=O) groups is 1. The normalized spacial score (nSPS) is 25.2. The Morgan fingerprint density at radius 1 is 1.44 bits per heavy atom. The number of likely N-dealkylation sites (tertiary alicyclic amines) is 1. The lowest BCUT2D eigenvalue weighted by Crippen LogP contribution is -2.41. The van der Waals surface area contributed by atoms with E-state index in [-0.39, 0.29) is 0 Å². The molecule has 1 aliphatic rings. The fraction of sp³-hybridized carbons (Fsp3) is 0.667. The van der Waals surface area contributed by atoms with Crippen LogP contribution in [0.15, 0.2) is 17.5 Å². The zero-order valence-corrected chi connectivity index (χ0v) is 12.2. The molecule has 2 heterocycles. The largest absolute Gasteiger partial charge is 0.300 e. The van der Waals surface area contributed by atoms with Crippen LogP contribution in [0.5, 0.6) is 0 Å². The van der Waals surface area contributed by atoms with Crippen LogP contribution in [0.4, 0.5) is 0 Å². The SMILES string of the molecule is CC1CCC(C)N(CCCC(=O)c2cccs2)C1. The smallest absolute Gasteiger partial charge is 0.172 e. The van der Waals surface area contributed by atoms with Gasteiger partial charge in [-0.2, -0.15) is 0 Å². The molecule has 0 aromatic carbocycles. The summed E-state index contributed by atoms with van der Waals surface area (Å²) in [6.45, 7) is 6.92. The Labute approximate surface area is 114 Å². The first-order valence-electron chi connectivity index (χ1n) is 6.97. The van der Waals surface area contributed by atoms with Crippen molar-refractivity contribution in [3.05, 3.63) is 22.4 Å². The topological polar surface area (TPSA) is 20.3 Å². The summed E-state index contributed by atoms with van der Waals surface area (Å²) in [5, 5.41) is 1.97. The molecule has 0 aliphatic carbocycles. The van der Waals surface area contributed by atoms with Crippen molar-refractivity contribution in [3.63, 3.8) is 0 Å². The van der Waals surface area contributed by atoms with Crippen molar-refractivity contribution in [1.29, 1.82) is 0 Å². The van der Waals surface area contributed by atoms with Gasteiger partial charge >= 0.3 is 0 Å². The quantitative estimate of drug-likeness (QED) is 0.754. The first-order chi connectivity index (χ1) is 8.66. The van der Waals surface area contributed by atoms with Gasteiger partial charge in [0.1, 0.15) is 0 Å². The second-order valence-corrected chi connectivity index (χ2v) is 6.48. The van der Waals surface area contributed by atoms with Gasteiger partial charge in [0.15, 0.2) is 5.78 Å². The standard InChI is InChI=1S/C15H23NOS/c1-12-7-8-13(2)16(11-12)9-3-5-14(17)15-6-4-10-18-15/h4,6,10,12-13H,3,5,7-9,11H2,1-2H3. The highest BCUT2D eigenvalue weighted by Gasteiger charge is 2.22. The van der Waals surface area contributed by atoms with Crippen molar-refractivity contribution < 1.29 is 4.79 Å².